The Morgan fingerprint density at radius 3 is 2.93 bits per heavy atom. The van der Waals surface area contributed by atoms with Crippen molar-refractivity contribution in [2.24, 2.45) is 0 Å². The maximum Gasteiger partial charge on any atom is 1.00 e. The van der Waals surface area contributed by atoms with Crippen LogP contribution in [-0.2, 0) is 25.9 Å². The molecule has 1 aromatic heterocycles. The van der Waals surface area contributed by atoms with Gasteiger partial charge < -0.3 is 10.3 Å². The van der Waals surface area contributed by atoms with Gasteiger partial charge in [0.05, 0.1) is 5.56 Å². The van der Waals surface area contributed by atoms with Crippen molar-refractivity contribution in [3.63, 3.8) is 0 Å². The summed E-state index contributed by atoms with van der Waals surface area (Å²) < 4.78 is 0. The Kier molecular flexibility index (Phi) is 3.49. The molecule has 0 aromatic carbocycles. The third-order valence-corrected chi connectivity index (χ3v) is 2.31. The maximum absolute atomic E-state index is 11.5. The molecular formula is C10H13N2ORu. The number of aromatic amines is 1. The summed E-state index contributed by atoms with van der Waals surface area (Å²) in [6.45, 7) is 4.73. The Bertz CT molecular complexity index is 346. The minimum absolute atomic E-state index is 0. The number of hydrogen-bond donors (Lipinski definition) is 2. The van der Waals surface area contributed by atoms with Crippen LogP contribution in [-0.4, -0.2) is 17.4 Å². The summed E-state index contributed by atoms with van der Waals surface area (Å²) in [5, 5.41) is 2.87. The van der Waals surface area contributed by atoms with Gasteiger partial charge in [-0.3, -0.25) is 10.7 Å². The van der Waals surface area contributed by atoms with Gasteiger partial charge in [0, 0.05) is 5.69 Å². The van der Waals surface area contributed by atoms with Gasteiger partial charge in [0.15, 0.2) is 0 Å². The quantitative estimate of drug-likeness (QED) is 0.543. The van der Waals surface area contributed by atoms with Crippen molar-refractivity contribution in [3.8, 4) is 0 Å². The zero-order chi connectivity index (χ0) is 9.42. The molecule has 0 atom stereocenters. The molecule has 0 spiro atoms. The number of rotatable bonds is 0. The van der Waals surface area contributed by atoms with Crippen LogP contribution < -0.4 is 5.32 Å². The van der Waals surface area contributed by atoms with Gasteiger partial charge in [0.1, 0.15) is 0 Å². The minimum Gasteiger partial charge on any atom is -0.382 e. The summed E-state index contributed by atoms with van der Waals surface area (Å²) in [6.07, 6.45) is 0.877. The van der Waals surface area contributed by atoms with Crippen molar-refractivity contribution in [1.29, 1.82) is 0 Å². The predicted molar refractivity (Wildman–Crippen MR) is 50.5 cm³/mol. The number of carbonyl (C=O) groups is 1. The second kappa shape index (κ2) is 4.26. The van der Waals surface area contributed by atoms with Crippen LogP contribution in [0.5, 0.6) is 0 Å². The number of aromatic nitrogens is 1. The van der Waals surface area contributed by atoms with Crippen LogP contribution >= 0.6 is 0 Å². The van der Waals surface area contributed by atoms with Crippen LogP contribution in [0.15, 0.2) is 6.07 Å². The summed E-state index contributed by atoms with van der Waals surface area (Å²) in [4.78, 5) is 14.7. The molecule has 1 aromatic rings. The molecule has 2 heterocycles. The van der Waals surface area contributed by atoms with Crippen LogP contribution in [0.1, 0.15) is 28.7 Å². The molecule has 0 bridgehead atoms. The second-order valence-corrected chi connectivity index (χ2v) is 3.66. The minimum atomic E-state index is 0. The maximum atomic E-state index is 11.5. The van der Waals surface area contributed by atoms with E-state index in [1.807, 2.05) is 13.0 Å². The molecule has 0 aliphatic carbocycles. The summed E-state index contributed by atoms with van der Waals surface area (Å²) >= 11 is 0. The summed E-state index contributed by atoms with van der Waals surface area (Å²) in [5.74, 6) is 1.32. The van der Waals surface area contributed by atoms with E-state index in [1.165, 1.54) is 5.92 Å². The fourth-order valence-electron chi connectivity index (χ4n) is 1.68. The van der Waals surface area contributed by atoms with Gasteiger partial charge in [0.2, 0.25) is 0 Å². The van der Waals surface area contributed by atoms with Crippen molar-refractivity contribution in [3.05, 3.63) is 28.9 Å². The van der Waals surface area contributed by atoms with Crippen molar-refractivity contribution in [2.45, 2.75) is 20.3 Å². The number of hydrogen-bond acceptors (Lipinski definition) is 1. The molecule has 1 aliphatic heterocycles. The van der Waals surface area contributed by atoms with Crippen LogP contribution in [0.2, 0.25) is 0 Å². The molecule has 1 amide bonds. The van der Waals surface area contributed by atoms with E-state index in [0.717, 1.165) is 23.4 Å². The third kappa shape index (κ3) is 2.06. The molecule has 0 unspecified atom stereocenters. The molecule has 2 rings (SSSR count). The molecule has 14 heavy (non-hydrogen) atoms. The van der Waals surface area contributed by atoms with Crippen LogP contribution in [0.4, 0.5) is 0 Å². The number of fused-ring (bicyclic) bond motifs is 1. The standard InChI is InChI=1S/C10H13N2O.Ru/c1-6-3-9-8(4-7(2)12-9)10(13)11-5-6;/h4,12H,3,5H2,1-2H3,(H,11,13);/q-1;+1. The first-order chi connectivity index (χ1) is 6.16. The molecular weight excluding hydrogens is 265 g/mol. The molecule has 0 saturated carbocycles. The number of nitrogens with one attached hydrogen (secondary N) is 2. The average Bonchev–Trinajstić information content (AvgIpc) is 2.37. The number of amides is 1. The first kappa shape index (κ1) is 11.4. The average molecular weight is 278 g/mol. The summed E-state index contributed by atoms with van der Waals surface area (Å²) in [6, 6.07) is 1.91. The smallest absolute Gasteiger partial charge is 0.382 e. The number of carbonyl (C=O) groups excluding carboxylic acids is 1. The van der Waals surface area contributed by atoms with Gasteiger partial charge >= 0.3 is 19.5 Å². The van der Waals surface area contributed by atoms with Crippen molar-refractivity contribution >= 4 is 5.91 Å². The van der Waals surface area contributed by atoms with Crippen LogP contribution in [0.25, 0.3) is 0 Å². The first-order valence-electron chi connectivity index (χ1n) is 4.45. The normalized spacial score (nSPS) is 16.6. The molecule has 0 fully saturated rings. The zero-order valence-electron chi connectivity index (χ0n) is 8.25. The topological polar surface area (TPSA) is 44.9 Å². The Hall–Kier alpha value is -0.627. The van der Waals surface area contributed by atoms with E-state index in [-0.39, 0.29) is 25.4 Å². The zero-order valence-corrected chi connectivity index (χ0v) is 9.99. The van der Waals surface area contributed by atoms with E-state index in [1.54, 1.807) is 0 Å². The second-order valence-electron chi connectivity index (χ2n) is 3.66. The molecule has 1 radical (unpaired) electrons. The fraction of sp³-hybridized carbons (Fsp3) is 0.400. The third-order valence-electron chi connectivity index (χ3n) is 2.31. The Labute approximate surface area is 96.4 Å². The van der Waals surface area contributed by atoms with E-state index in [4.69, 9.17) is 0 Å². The number of aryl methyl sites for hydroxylation is 1. The molecule has 77 valence electrons. The van der Waals surface area contributed by atoms with Crippen molar-refractivity contribution in [2.75, 3.05) is 6.54 Å². The van der Waals surface area contributed by atoms with Crippen molar-refractivity contribution in [1.82, 2.24) is 10.3 Å². The Morgan fingerprint density at radius 1 is 1.50 bits per heavy atom. The Morgan fingerprint density at radius 2 is 2.21 bits per heavy atom. The van der Waals surface area contributed by atoms with Crippen molar-refractivity contribution < 1.29 is 24.3 Å². The van der Waals surface area contributed by atoms with Gasteiger partial charge in [-0.05, 0) is 18.7 Å². The van der Waals surface area contributed by atoms with Gasteiger partial charge in [-0.15, -0.1) is 13.0 Å². The molecule has 3 nitrogen and oxygen atoms in total. The largest absolute Gasteiger partial charge is 1.00 e. The van der Waals surface area contributed by atoms with E-state index < -0.39 is 0 Å². The van der Waals surface area contributed by atoms with E-state index in [2.05, 4.69) is 17.2 Å². The first-order valence-corrected chi connectivity index (χ1v) is 4.45. The molecule has 4 heteroatoms. The van der Waals surface area contributed by atoms with Crippen LogP contribution in [0, 0.1) is 12.8 Å². The van der Waals surface area contributed by atoms with Crippen LogP contribution in [0.3, 0.4) is 0 Å². The van der Waals surface area contributed by atoms with E-state index >= 15 is 0 Å². The van der Waals surface area contributed by atoms with E-state index in [0.29, 0.717) is 6.54 Å². The van der Waals surface area contributed by atoms with Gasteiger partial charge in [-0.2, -0.15) is 6.92 Å². The SMILES string of the molecule is Cc1cc2c([nH]1)C[C-](C)CNC2=O.[Ru+]. The molecule has 0 saturated heterocycles. The number of H-pyrrole nitrogens is 1. The molecule has 1 aliphatic rings. The van der Waals surface area contributed by atoms with E-state index in [9.17, 15) is 4.79 Å². The summed E-state index contributed by atoms with van der Waals surface area (Å²) in [5.41, 5.74) is 2.90. The predicted octanol–water partition coefficient (Wildman–Crippen LogP) is 1.20. The monoisotopic (exact) mass is 279 g/mol. The van der Waals surface area contributed by atoms with Gasteiger partial charge in [-0.25, -0.2) is 0 Å². The van der Waals surface area contributed by atoms with Gasteiger partial charge in [0.25, 0.3) is 5.91 Å². The molecule has 2 N–H and O–H groups in total. The fourth-order valence-corrected chi connectivity index (χ4v) is 1.68. The van der Waals surface area contributed by atoms with Gasteiger partial charge in [-0.1, -0.05) is 0 Å². The summed E-state index contributed by atoms with van der Waals surface area (Å²) in [7, 11) is 0. The Balaban J connectivity index is 0.000000980.